The number of rotatable bonds is 3. The van der Waals surface area contributed by atoms with E-state index >= 15 is 0 Å². The Morgan fingerprint density at radius 1 is 1.25 bits per heavy atom. The molecule has 0 fully saturated rings. The molecule has 0 atom stereocenters. The van der Waals surface area contributed by atoms with E-state index in [2.05, 4.69) is 20.6 Å². The first-order valence-electron chi connectivity index (χ1n) is 6.53. The minimum absolute atomic E-state index is 0.523. The molecule has 20 heavy (non-hydrogen) atoms. The van der Waals surface area contributed by atoms with Crippen LogP contribution < -0.4 is 21.1 Å². The van der Waals surface area contributed by atoms with E-state index in [1.807, 2.05) is 24.3 Å². The van der Waals surface area contributed by atoms with Crippen LogP contribution in [0.4, 0.5) is 17.5 Å². The maximum Gasteiger partial charge on any atom is 0.229 e. The van der Waals surface area contributed by atoms with E-state index in [0.717, 1.165) is 42.2 Å². The van der Waals surface area contributed by atoms with Crippen LogP contribution in [-0.4, -0.2) is 23.6 Å². The number of nitrogens with two attached hydrogens (primary N) is 1. The average molecular weight is 271 g/mol. The van der Waals surface area contributed by atoms with Gasteiger partial charge in [-0.1, -0.05) is 0 Å². The molecule has 3 rings (SSSR count). The van der Waals surface area contributed by atoms with Crippen molar-refractivity contribution in [1.29, 1.82) is 0 Å². The van der Waals surface area contributed by atoms with Crippen LogP contribution in [0.25, 0.3) is 0 Å². The Labute approximate surface area is 117 Å². The van der Waals surface area contributed by atoms with Gasteiger partial charge in [0.1, 0.15) is 11.6 Å². The predicted octanol–water partition coefficient (Wildman–Crippen LogP) is 1.46. The van der Waals surface area contributed by atoms with Gasteiger partial charge in [0.2, 0.25) is 5.95 Å². The van der Waals surface area contributed by atoms with E-state index in [4.69, 9.17) is 10.5 Å². The monoisotopic (exact) mass is 271 g/mol. The maximum atomic E-state index is 6.00. The first-order chi connectivity index (χ1) is 9.76. The summed E-state index contributed by atoms with van der Waals surface area (Å²) in [6, 6.07) is 7.59. The third-order valence-electron chi connectivity index (χ3n) is 3.32. The second-order valence-electron chi connectivity index (χ2n) is 4.64. The lowest BCUT2D eigenvalue weighted by Gasteiger charge is -2.18. The molecule has 104 valence electrons. The quantitative estimate of drug-likeness (QED) is 0.783. The first kappa shape index (κ1) is 12.7. The summed E-state index contributed by atoms with van der Waals surface area (Å²) in [7, 11) is 1.64. The number of aromatic nitrogens is 2. The summed E-state index contributed by atoms with van der Waals surface area (Å²) in [4.78, 5) is 8.84. The largest absolute Gasteiger partial charge is 0.497 e. The van der Waals surface area contributed by atoms with Crippen LogP contribution in [-0.2, 0) is 13.0 Å². The zero-order valence-corrected chi connectivity index (χ0v) is 11.3. The second kappa shape index (κ2) is 5.34. The van der Waals surface area contributed by atoms with Gasteiger partial charge in [-0.15, -0.1) is 0 Å². The molecule has 0 unspecified atom stereocenters. The minimum Gasteiger partial charge on any atom is -0.497 e. The Morgan fingerprint density at radius 2 is 2.05 bits per heavy atom. The van der Waals surface area contributed by atoms with Gasteiger partial charge in [-0.25, -0.2) is 4.98 Å². The second-order valence-corrected chi connectivity index (χ2v) is 4.64. The SMILES string of the molecule is COc1ccc(Nc2nc(N)c3c(n2)CNCC3)cc1. The summed E-state index contributed by atoms with van der Waals surface area (Å²) < 4.78 is 5.13. The number of fused-ring (bicyclic) bond motifs is 1. The van der Waals surface area contributed by atoms with Crippen LogP contribution >= 0.6 is 0 Å². The van der Waals surface area contributed by atoms with Gasteiger partial charge in [0, 0.05) is 17.8 Å². The van der Waals surface area contributed by atoms with E-state index in [-0.39, 0.29) is 0 Å². The third kappa shape index (κ3) is 2.50. The molecular formula is C14H17N5O. The predicted molar refractivity (Wildman–Crippen MR) is 78.1 cm³/mol. The molecule has 1 aliphatic rings. The minimum atomic E-state index is 0.523. The van der Waals surface area contributed by atoms with Crippen molar-refractivity contribution in [2.75, 3.05) is 24.7 Å². The van der Waals surface area contributed by atoms with E-state index in [0.29, 0.717) is 11.8 Å². The standard InChI is InChI=1S/C14H17N5O/c1-20-10-4-2-9(3-5-10)17-14-18-12-8-16-7-6-11(12)13(15)19-14/h2-5,16H,6-8H2,1H3,(H3,15,17,18,19). The van der Waals surface area contributed by atoms with Crippen molar-refractivity contribution < 1.29 is 4.74 Å². The Kier molecular flexibility index (Phi) is 3.39. The number of nitrogens with one attached hydrogen (secondary N) is 2. The lowest BCUT2D eigenvalue weighted by Crippen LogP contribution is -2.26. The van der Waals surface area contributed by atoms with Gasteiger partial charge in [0.15, 0.2) is 0 Å². The number of ether oxygens (including phenoxy) is 1. The fourth-order valence-electron chi connectivity index (χ4n) is 2.25. The fraction of sp³-hybridized carbons (Fsp3) is 0.286. The molecule has 0 spiro atoms. The van der Waals surface area contributed by atoms with Crippen molar-refractivity contribution in [3.63, 3.8) is 0 Å². The summed E-state index contributed by atoms with van der Waals surface area (Å²) in [5.74, 6) is 1.90. The van der Waals surface area contributed by atoms with Crippen LogP contribution in [0.2, 0.25) is 0 Å². The van der Waals surface area contributed by atoms with Gasteiger partial charge >= 0.3 is 0 Å². The number of hydrogen-bond donors (Lipinski definition) is 3. The van der Waals surface area contributed by atoms with Gasteiger partial charge in [-0.3, -0.25) is 0 Å². The van der Waals surface area contributed by atoms with Crippen molar-refractivity contribution in [2.45, 2.75) is 13.0 Å². The summed E-state index contributed by atoms with van der Waals surface area (Å²) >= 11 is 0. The van der Waals surface area contributed by atoms with Crippen molar-refractivity contribution in [2.24, 2.45) is 0 Å². The number of methoxy groups -OCH3 is 1. The van der Waals surface area contributed by atoms with Gasteiger partial charge in [-0.2, -0.15) is 4.98 Å². The third-order valence-corrected chi connectivity index (χ3v) is 3.32. The number of hydrogen-bond acceptors (Lipinski definition) is 6. The van der Waals surface area contributed by atoms with E-state index < -0.39 is 0 Å². The normalized spacial score (nSPS) is 13.7. The number of benzene rings is 1. The van der Waals surface area contributed by atoms with E-state index in [1.165, 1.54) is 0 Å². The summed E-state index contributed by atoms with van der Waals surface area (Å²) in [6.07, 6.45) is 0.879. The molecule has 1 aromatic carbocycles. The van der Waals surface area contributed by atoms with Crippen LogP contribution in [0.5, 0.6) is 5.75 Å². The molecular weight excluding hydrogens is 254 g/mol. The van der Waals surface area contributed by atoms with Crippen LogP contribution in [0.3, 0.4) is 0 Å². The lowest BCUT2D eigenvalue weighted by atomic mass is 10.1. The average Bonchev–Trinajstić information content (AvgIpc) is 2.48. The van der Waals surface area contributed by atoms with Crippen molar-refractivity contribution in [3.05, 3.63) is 35.5 Å². The topological polar surface area (TPSA) is 85.1 Å². The maximum absolute atomic E-state index is 6.00. The van der Waals surface area contributed by atoms with Crippen molar-refractivity contribution >= 4 is 17.5 Å². The van der Waals surface area contributed by atoms with Gasteiger partial charge in [0.25, 0.3) is 0 Å². The van der Waals surface area contributed by atoms with Crippen LogP contribution in [0.15, 0.2) is 24.3 Å². The molecule has 2 aromatic rings. The van der Waals surface area contributed by atoms with Crippen molar-refractivity contribution in [3.8, 4) is 5.75 Å². The highest BCUT2D eigenvalue weighted by atomic mass is 16.5. The molecule has 0 radical (unpaired) electrons. The molecule has 4 N–H and O–H groups in total. The molecule has 1 aliphatic heterocycles. The zero-order chi connectivity index (χ0) is 13.9. The Bertz CT molecular complexity index is 612. The van der Waals surface area contributed by atoms with Crippen LogP contribution in [0.1, 0.15) is 11.3 Å². The van der Waals surface area contributed by atoms with E-state index in [9.17, 15) is 0 Å². The summed E-state index contributed by atoms with van der Waals surface area (Å²) in [5, 5.41) is 6.44. The summed E-state index contributed by atoms with van der Waals surface area (Å²) in [5.41, 5.74) is 8.93. The molecule has 0 amide bonds. The molecule has 0 bridgehead atoms. The highest BCUT2D eigenvalue weighted by Crippen LogP contribution is 2.22. The molecule has 6 heteroatoms. The lowest BCUT2D eigenvalue weighted by molar-refractivity contribution is 0.415. The van der Waals surface area contributed by atoms with E-state index in [1.54, 1.807) is 7.11 Å². The zero-order valence-electron chi connectivity index (χ0n) is 11.3. The highest BCUT2D eigenvalue weighted by molar-refractivity contribution is 5.57. The Balaban J connectivity index is 1.85. The van der Waals surface area contributed by atoms with Gasteiger partial charge in [0.05, 0.1) is 12.8 Å². The van der Waals surface area contributed by atoms with Gasteiger partial charge in [-0.05, 0) is 37.2 Å². The first-order valence-corrected chi connectivity index (χ1v) is 6.53. The molecule has 0 saturated carbocycles. The summed E-state index contributed by atoms with van der Waals surface area (Å²) in [6.45, 7) is 1.66. The number of nitrogens with zero attached hydrogens (tertiary/aromatic N) is 2. The highest BCUT2D eigenvalue weighted by Gasteiger charge is 2.15. The van der Waals surface area contributed by atoms with Crippen LogP contribution in [0, 0.1) is 0 Å². The number of anilines is 3. The van der Waals surface area contributed by atoms with Gasteiger partial charge < -0.3 is 21.1 Å². The Morgan fingerprint density at radius 3 is 2.80 bits per heavy atom. The number of nitrogen functional groups attached to an aromatic ring is 1. The fourth-order valence-corrected chi connectivity index (χ4v) is 2.25. The molecule has 6 nitrogen and oxygen atoms in total. The molecule has 1 aromatic heterocycles. The van der Waals surface area contributed by atoms with Crippen molar-refractivity contribution in [1.82, 2.24) is 15.3 Å². The molecule has 2 heterocycles. The Hall–Kier alpha value is -2.34. The molecule has 0 saturated heterocycles. The molecule has 0 aliphatic carbocycles. The smallest absolute Gasteiger partial charge is 0.229 e.